The minimum atomic E-state index is 0.109. The van der Waals surface area contributed by atoms with Crippen molar-refractivity contribution in [1.29, 1.82) is 0 Å². The van der Waals surface area contributed by atoms with Crippen molar-refractivity contribution in [1.82, 2.24) is 5.32 Å². The maximum atomic E-state index is 12.0. The van der Waals surface area contributed by atoms with E-state index in [1.54, 1.807) is 0 Å². The summed E-state index contributed by atoms with van der Waals surface area (Å²) in [6.45, 7) is 2.32. The highest BCUT2D eigenvalue weighted by Crippen LogP contribution is 2.23. The number of aliphatic hydroxyl groups excluding tert-OH is 1. The molecule has 1 aliphatic rings. The number of rotatable bonds is 4. The molecule has 104 valence electrons. The average molecular weight is 261 g/mol. The molecule has 19 heavy (non-hydrogen) atoms. The summed E-state index contributed by atoms with van der Waals surface area (Å²) in [5, 5.41) is 12.2. The van der Waals surface area contributed by atoms with Crippen molar-refractivity contribution >= 4 is 5.91 Å². The van der Waals surface area contributed by atoms with Gasteiger partial charge in [-0.1, -0.05) is 29.8 Å². The molecule has 0 aromatic heterocycles. The van der Waals surface area contributed by atoms with Crippen LogP contribution in [0.4, 0.5) is 0 Å². The Morgan fingerprint density at radius 1 is 1.32 bits per heavy atom. The highest BCUT2D eigenvalue weighted by Gasteiger charge is 2.21. The molecule has 0 aliphatic heterocycles. The maximum absolute atomic E-state index is 12.0. The van der Waals surface area contributed by atoms with E-state index in [9.17, 15) is 4.79 Å². The molecule has 0 saturated heterocycles. The molecular weight excluding hydrogens is 238 g/mol. The lowest BCUT2D eigenvalue weighted by Crippen LogP contribution is -2.38. The van der Waals surface area contributed by atoms with E-state index in [0.29, 0.717) is 18.4 Å². The van der Waals surface area contributed by atoms with Crippen LogP contribution in [0.2, 0.25) is 0 Å². The number of aryl methyl sites for hydroxylation is 1. The van der Waals surface area contributed by atoms with Gasteiger partial charge in [0.25, 0.3) is 0 Å². The Bertz CT molecular complexity index is 423. The highest BCUT2D eigenvalue weighted by molar-refractivity contribution is 5.78. The first kappa shape index (κ1) is 14.1. The molecule has 1 aromatic carbocycles. The average Bonchev–Trinajstić information content (AvgIpc) is 2.39. The van der Waals surface area contributed by atoms with Crippen molar-refractivity contribution in [3.05, 3.63) is 35.4 Å². The normalized spacial score (nSPS) is 23.1. The first-order valence-corrected chi connectivity index (χ1v) is 7.13. The van der Waals surface area contributed by atoms with E-state index in [1.807, 2.05) is 25.1 Å². The fraction of sp³-hybridized carbons (Fsp3) is 0.562. The number of carbonyl (C=O) groups excluding carboxylic acids is 1. The zero-order valence-electron chi connectivity index (χ0n) is 11.6. The van der Waals surface area contributed by atoms with Gasteiger partial charge in [-0.15, -0.1) is 0 Å². The van der Waals surface area contributed by atoms with Gasteiger partial charge < -0.3 is 10.4 Å². The molecule has 0 heterocycles. The first-order chi connectivity index (χ1) is 9.17. The molecule has 2 rings (SSSR count). The number of aliphatic hydroxyl groups is 1. The lowest BCUT2D eigenvalue weighted by atomic mass is 9.86. The molecular formula is C16H23NO2. The Labute approximate surface area is 115 Å². The summed E-state index contributed by atoms with van der Waals surface area (Å²) >= 11 is 0. The number of nitrogens with one attached hydrogen (secondary N) is 1. The van der Waals surface area contributed by atoms with Crippen molar-refractivity contribution in [2.24, 2.45) is 5.92 Å². The lowest BCUT2D eigenvalue weighted by molar-refractivity contribution is -0.121. The highest BCUT2D eigenvalue weighted by atomic mass is 16.3. The quantitative estimate of drug-likeness (QED) is 0.873. The summed E-state index contributed by atoms with van der Waals surface area (Å²) in [7, 11) is 0. The van der Waals surface area contributed by atoms with Gasteiger partial charge in [0, 0.05) is 12.6 Å². The number of carbonyl (C=O) groups is 1. The van der Waals surface area contributed by atoms with Crippen LogP contribution in [0.5, 0.6) is 0 Å². The first-order valence-electron chi connectivity index (χ1n) is 7.13. The summed E-state index contributed by atoms with van der Waals surface area (Å²) < 4.78 is 0. The molecule has 0 bridgehead atoms. The van der Waals surface area contributed by atoms with Crippen molar-refractivity contribution in [3.8, 4) is 0 Å². The van der Waals surface area contributed by atoms with Gasteiger partial charge >= 0.3 is 0 Å². The zero-order chi connectivity index (χ0) is 13.7. The van der Waals surface area contributed by atoms with Gasteiger partial charge in [-0.05, 0) is 44.1 Å². The summed E-state index contributed by atoms with van der Waals surface area (Å²) in [4.78, 5) is 12.0. The van der Waals surface area contributed by atoms with Gasteiger partial charge in [-0.2, -0.15) is 0 Å². The largest absolute Gasteiger partial charge is 0.396 e. The molecule has 3 heteroatoms. The molecule has 0 spiro atoms. The second-order valence-corrected chi connectivity index (χ2v) is 5.63. The third kappa shape index (κ3) is 4.35. The smallest absolute Gasteiger partial charge is 0.224 e. The van der Waals surface area contributed by atoms with Crippen LogP contribution in [0, 0.1) is 12.8 Å². The van der Waals surface area contributed by atoms with Crippen LogP contribution in [0.3, 0.4) is 0 Å². The Kier molecular flexibility index (Phi) is 4.97. The molecule has 0 atom stereocenters. The molecule has 1 saturated carbocycles. The van der Waals surface area contributed by atoms with Gasteiger partial charge in [0.2, 0.25) is 5.91 Å². The van der Waals surface area contributed by atoms with Crippen molar-refractivity contribution in [2.75, 3.05) is 6.61 Å². The van der Waals surface area contributed by atoms with Gasteiger partial charge in [0.05, 0.1) is 6.42 Å². The Morgan fingerprint density at radius 3 is 2.68 bits per heavy atom. The summed E-state index contributed by atoms with van der Waals surface area (Å²) in [6.07, 6.45) is 4.48. The van der Waals surface area contributed by atoms with E-state index in [0.717, 1.165) is 31.2 Å². The van der Waals surface area contributed by atoms with Crippen molar-refractivity contribution < 1.29 is 9.90 Å². The standard InChI is InChI=1S/C16H23NO2/c1-12-3-2-4-14(9-12)10-16(19)17-15-7-5-13(11-18)6-8-15/h2-4,9,13,15,18H,5-8,10-11H2,1H3,(H,17,19). The molecule has 1 fully saturated rings. The molecule has 3 nitrogen and oxygen atoms in total. The predicted molar refractivity (Wildman–Crippen MR) is 75.9 cm³/mol. The van der Waals surface area contributed by atoms with Crippen LogP contribution in [0.15, 0.2) is 24.3 Å². The predicted octanol–water partition coefficient (Wildman–Crippen LogP) is 2.20. The van der Waals surface area contributed by atoms with E-state index in [1.165, 1.54) is 5.56 Å². The van der Waals surface area contributed by atoms with E-state index in [4.69, 9.17) is 5.11 Å². The second kappa shape index (κ2) is 6.71. The van der Waals surface area contributed by atoms with E-state index in [-0.39, 0.29) is 12.5 Å². The minimum Gasteiger partial charge on any atom is -0.396 e. The van der Waals surface area contributed by atoms with Crippen LogP contribution in [-0.4, -0.2) is 23.7 Å². The third-order valence-electron chi connectivity index (χ3n) is 3.92. The number of amides is 1. The van der Waals surface area contributed by atoms with Crippen LogP contribution in [-0.2, 0) is 11.2 Å². The maximum Gasteiger partial charge on any atom is 0.224 e. The number of hydrogen-bond acceptors (Lipinski definition) is 2. The van der Waals surface area contributed by atoms with Crippen LogP contribution in [0.1, 0.15) is 36.8 Å². The molecule has 0 radical (unpaired) electrons. The van der Waals surface area contributed by atoms with E-state index < -0.39 is 0 Å². The molecule has 2 N–H and O–H groups in total. The zero-order valence-corrected chi connectivity index (χ0v) is 11.6. The van der Waals surface area contributed by atoms with Crippen molar-refractivity contribution in [2.45, 2.75) is 45.1 Å². The molecule has 1 amide bonds. The summed E-state index contributed by atoms with van der Waals surface area (Å²) in [5.41, 5.74) is 2.26. The summed E-state index contributed by atoms with van der Waals surface area (Å²) in [6, 6.07) is 8.37. The molecule has 0 unspecified atom stereocenters. The monoisotopic (exact) mass is 261 g/mol. The number of hydrogen-bond donors (Lipinski definition) is 2. The minimum absolute atomic E-state index is 0.109. The SMILES string of the molecule is Cc1cccc(CC(=O)NC2CCC(CO)CC2)c1. The molecule has 1 aromatic rings. The van der Waals surface area contributed by atoms with E-state index in [2.05, 4.69) is 11.4 Å². The van der Waals surface area contributed by atoms with Gasteiger partial charge in [0.15, 0.2) is 0 Å². The van der Waals surface area contributed by atoms with Gasteiger partial charge in [0.1, 0.15) is 0 Å². The van der Waals surface area contributed by atoms with Crippen molar-refractivity contribution in [3.63, 3.8) is 0 Å². The van der Waals surface area contributed by atoms with Crippen LogP contribution in [0.25, 0.3) is 0 Å². The summed E-state index contributed by atoms with van der Waals surface area (Å²) in [5.74, 6) is 0.544. The Hall–Kier alpha value is -1.35. The molecule has 1 aliphatic carbocycles. The third-order valence-corrected chi connectivity index (χ3v) is 3.92. The van der Waals surface area contributed by atoms with Gasteiger partial charge in [-0.25, -0.2) is 0 Å². The Morgan fingerprint density at radius 2 is 2.05 bits per heavy atom. The second-order valence-electron chi connectivity index (χ2n) is 5.63. The lowest BCUT2D eigenvalue weighted by Gasteiger charge is -2.28. The number of benzene rings is 1. The van der Waals surface area contributed by atoms with E-state index >= 15 is 0 Å². The fourth-order valence-electron chi connectivity index (χ4n) is 2.78. The topological polar surface area (TPSA) is 49.3 Å². The fourth-order valence-corrected chi connectivity index (χ4v) is 2.78. The van der Waals surface area contributed by atoms with Crippen LogP contribution >= 0.6 is 0 Å². The Balaban J connectivity index is 1.79. The van der Waals surface area contributed by atoms with Crippen LogP contribution < -0.4 is 5.32 Å². The van der Waals surface area contributed by atoms with Gasteiger partial charge in [-0.3, -0.25) is 4.79 Å².